The summed E-state index contributed by atoms with van der Waals surface area (Å²) in [6.07, 6.45) is 5.15. The molecule has 19 heavy (non-hydrogen) atoms. The van der Waals surface area contributed by atoms with Gasteiger partial charge in [0.25, 0.3) is 0 Å². The molecule has 0 bridgehead atoms. The fraction of sp³-hybridized carbons (Fsp3) is 0.733. The summed E-state index contributed by atoms with van der Waals surface area (Å²) in [4.78, 5) is 2.37. The maximum absolute atomic E-state index is 4.36. The molecule has 0 unspecified atom stereocenters. The Labute approximate surface area is 116 Å². The van der Waals surface area contributed by atoms with E-state index in [0.717, 1.165) is 31.1 Å². The molecule has 0 spiro atoms. The Morgan fingerprint density at radius 3 is 2.32 bits per heavy atom. The normalized spacial score (nSPS) is 18.6. The third kappa shape index (κ3) is 3.24. The zero-order valence-electron chi connectivity index (χ0n) is 12.4. The highest BCUT2D eigenvalue weighted by Gasteiger charge is 2.31. The molecule has 1 aromatic rings. The van der Waals surface area contributed by atoms with Gasteiger partial charge in [-0.2, -0.15) is 5.10 Å². The Kier molecular flexibility index (Phi) is 4.75. The van der Waals surface area contributed by atoms with E-state index < -0.39 is 0 Å². The molecule has 0 saturated carbocycles. The molecule has 0 radical (unpaired) electrons. The summed E-state index contributed by atoms with van der Waals surface area (Å²) in [5.74, 6) is 1.03. The minimum absolute atomic E-state index is 0.565. The Bertz CT molecular complexity index is 374. The number of piperidine rings is 1. The summed E-state index contributed by atoms with van der Waals surface area (Å²) in [5, 5.41) is 11.7. The van der Waals surface area contributed by atoms with Gasteiger partial charge in [-0.15, -0.1) is 5.10 Å². The smallest absolute Gasteiger partial charge is 0.151 e. The van der Waals surface area contributed by atoms with E-state index in [-0.39, 0.29) is 0 Å². The monoisotopic (exact) mass is 262 g/mol. The molecule has 0 atom stereocenters. The first-order chi connectivity index (χ1) is 9.23. The third-order valence-electron chi connectivity index (χ3n) is 4.71. The van der Waals surface area contributed by atoms with Crippen LogP contribution >= 0.6 is 0 Å². The summed E-state index contributed by atoms with van der Waals surface area (Å²) < 4.78 is 0. The second-order valence-corrected chi connectivity index (χ2v) is 5.61. The SMILES string of the molecule is CCC1(CC)CCN(c2ccc(CNC)nn2)CC1. The fourth-order valence-electron chi connectivity index (χ4n) is 2.96. The number of rotatable bonds is 5. The first kappa shape index (κ1) is 14.3. The lowest BCUT2D eigenvalue weighted by Gasteiger charge is -2.41. The first-order valence-electron chi connectivity index (χ1n) is 7.45. The highest BCUT2D eigenvalue weighted by atomic mass is 15.3. The highest BCUT2D eigenvalue weighted by molar-refractivity contribution is 5.38. The van der Waals surface area contributed by atoms with Crippen molar-refractivity contribution in [1.29, 1.82) is 0 Å². The van der Waals surface area contributed by atoms with Crippen molar-refractivity contribution in [2.75, 3.05) is 25.0 Å². The van der Waals surface area contributed by atoms with Crippen LogP contribution in [-0.4, -0.2) is 30.3 Å². The van der Waals surface area contributed by atoms with Crippen LogP contribution in [-0.2, 0) is 6.54 Å². The van der Waals surface area contributed by atoms with Crippen LogP contribution in [0.25, 0.3) is 0 Å². The van der Waals surface area contributed by atoms with Crippen LogP contribution in [0.3, 0.4) is 0 Å². The molecule has 0 aromatic carbocycles. The number of hydrogen-bond acceptors (Lipinski definition) is 4. The van der Waals surface area contributed by atoms with E-state index in [2.05, 4.69) is 46.4 Å². The lowest BCUT2D eigenvalue weighted by atomic mass is 9.74. The van der Waals surface area contributed by atoms with Crippen LogP contribution in [0, 0.1) is 5.41 Å². The van der Waals surface area contributed by atoms with Crippen molar-refractivity contribution in [2.24, 2.45) is 5.41 Å². The van der Waals surface area contributed by atoms with Crippen LogP contribution < -0.4 is 10.2 Å². The van der Waals surface area contributed by atoms with E-state index in [0.29, 0.717) is 5.41 Å². The second-order valence-electron chi connectivity index (χ2n) is 5.61. The van der Waals surface area contributed by atoms with Crippen LogP contribution in [0.5, 0.6) is 0 Å². The summed E-state index contributed by atoms with van der Waals surface area (Å²) in [5.41, 5.74) is 1.57. The van der Waals surface area contributed by atoms with E-state index in [4.69, 9.17) is 0 Å². The number of nitrogens with one attached hydrogen (secondary N) is 1. The predicted octanol–water partition coefficient (Wildman–Crippen LogP) is 2.60. The van der Waals surface area contributed by atoms with E-state index in [1.54, 1.807) is 0 Å². The molecule has 1 N–H and O–H groups in total. The lowest BCUT2D eigenvalue weighted by molar-refractivity contribution is 0.199. The Morgan fingerprint density at radius 2 is 1.84 bits per heavy atom. The molecule has 1 aliphatic rings. The molecule has 1 aliphatic heterocycles. The van der Waals surface area contributed by atoms with Gasteiger partial charge in [-0.25, -0.2) is 0 Å². The van der Waals surface area contributed by atoms with Crippen molar-refractivity contribution in [1.82, 2.24) is 15.5 Å². The minimum Gasteiger partial charge on any atom is -0.355 e. The van der Waals surface area contributed by atoms with Crippen LogP contribution in [0.15, 0.2) is 12.1 Å². The van der Waals surface area contributed by atoms with Crippen molar-refractivity contribution >= 4 is 5.82 Å². The number of nitrogens with zero attached hydrogens (tertiary/aromatic N) is 3. The first-order valence-corrected chi connectivity index (χ1v) is 7.45. The maximum Gasteiger partial charge on any atom is 0.151 e. The zero-order valence-corrected chi connectivity index (χ0v) is 12.4. The van der Waals surface area contributed by atoms with E-state index in [1.165, 1.54) is 25.7 Å². The molecule has 1 saturated heterocycles. The molecule has 1 aromatic heterocycles. The van der Waals surface area contributed by atoms with Crippen LogP contribution in [0.1, 0.15) is 45.2 Å². The molecule has 2 heterocycles. The molecule has 2 rings (SSSR count). The van der Waals surface area contributed by atoms with E-state index in [1.807, 2.05) is 7.05 Å². The largest absolute Gasteiger partial charge is 0.355 e. The average molecular weight is 262 g/mol. The van der Waals surface area contributed by atoms with E-state index in [9.17, 15) is 0 Å². The molecular formula is C15H26N4. The molecule has 0 aliphatic carbocycles. The molecule has 106 valence electrons. The topological polar surface area (TPSA) is 41.0 Å². The Morgan fingerprint density at radius 1 is 1.16 bits per heavy atom. The van der Waals surface area contributed by atoms with Crippen molar-refractivity contribution in [3.05, 3.63) is 17.8 Å². The Balaban J connectivity index is 1.97. The molecule has 1 fully saturated rings. The summed E-state index contributed by atoms with van der Waals surface area (Å²) in [6.45, 7) is 7.66. The third-order valence-corrected chi connectivity index (χ3v) is 4.71. The minimum atomic E-state index is 0.565. The van der Waals surface area contributed by atoms with Gasteiger partial charge in [0.1, 0.15) is 0 Å². The van der Waals surface area contributed by atoms with Gasteiger partial charge < -0.3 is 10.2 Å². The van der Waals surface area contributed by atoms with Gasteiger partial charge in [0.15, 0.2) is 5.82 Å². The summed E-state index contributed by atoms with van der Waals surface area (Å²) >= 11 is 0. The summed E-state index contributed by atoms with van der Waals surface area (Å²) in [6, 6.07) is 4.17. The standard InChI is InChI=1S/C15H26N4/c1-4-15(5-2)8-10-19(11-9-15)14-7-6-13(12-16-3)17-18-14/h6-7,16H,4-5,8-12H2,1-3H3. The summed E-state index contributed by atoms with van der Waals surface area (Å²) in [7, 11) is 1.93. The van der Waals surface area contributed by atoms with E-state index >= 15 is 0 Å². The van der Waals surface area contributed by atoms with Gasteiger partial charge in [-0.05, 0) is 37.4 Å². The lowest BCUT2D eigenvalue weighted by Crippen LogP contribution is -2.40. The van der Waals surface area contributed by atoms with Crippen molar-refractivity contribution in [3.63, 3.8) is 0 Å². The number of aromatic nitrogens is 2. The van der Waals surface area contributed by atoms with Gasteiger partial charge >= 0.3 is 0 Å². The molecule has 0 amide bonds. The molecular weight excluding hydrogens is 236 g/mol. The van der Waals surface area contributed by atoms with Crippen molar-refractivity contribution in [3.8, 4) is 0 Å². The van der Waals surface area contributed by atoms with Gasteiger partial charge in [0, 0.05) is 19.6 Å². The molecule has 4 heteroatoms. The number of anilines is 1. The van der Waals surface area contributed by atoms with Gasteiger partial charge in [0.2, 0.25) is 0 Å². The number of hydrogen-bond donors (Lipinski definition) is 1. The van der Waals surface area contributed by atoms with Crippen LogP contribution in [0.2, 0.25) is 0 Å². The van der Waals surface area contributed by atoms with Gasteiger partial charge in [-0.3, -0.25) is 0 Å². The van der Waals surface area contributed by atoms with Gasteiger partial charge in [-0.1, -0.05) is 26.7 Å². The molecule has 4 nitrogen and oxygen atoms in total. The fourth-order valence-corrected chi connectivity index (χ4v) is 2.96. The zero-order chi connectivity index (χ0) is 13.7. The van der Waals surface area contributed by atoms with Crippen molar-refractivity contribution in [2.45, 2.75) is 46.1 Å². The Hall–Kier alpha value is -1.16. The van der Waals surface area contributed by atoms with Gasteiger partial charge in [0.05, 0.1) is 5.69 Å². The predicted molar refractivity (Wildman–Crippen MR) is 79.3 cm³/mol. The average Bonchev–Trinajstić information content (AvgIpc) is 2.49. The second kappa shape index (κ2) is 6.33. The maximum atomic E-state index is 4.36. The van der Waals surface area contributed by atoms with Crippen LogP contribution in [0.4, 0.5) is 5.82 Å². The quantitative estimate of drug-likeness (QED) is 0.885. The highest BCUT2D eigenvalue weighted by Crippen LogP contribution is 2.38. The van der Waals surface area contributed by atoms with Crippen molar-refractivity contribution < 1.29 is 0 Å².